The first kappa shape index (κ1) is 23.0. The van der Waals surface area contributed by atoms with Crippen LogP contribution < -0.4 is 9.64 Å². The Kier molecular flexibility index (Phi) is 5.12. The van der Waals surface area contributed by atoms with E-state index in [1.807, 2.05) is 62.1 Å². The van der Waals surface area contributed by atoms with Gasteiger partial charge in [0.15, 0.2) is 11.5 Å². The number of nitrogens with zero attached hydrogens (tertiary/aromatic N) is 7. The quantitative estimate of drug-likeness (QED) is 0.338. The molecule has 6 aromatic rings. The van der Waals surface area contributed by atoms with E-state index in [1.54, 1.807) is 29.0 Å². The Morgan fingerprint density at radius 1 is 0.872 bits per heavy atom. The molecule has 3 aromatic carbocycles. The third kappa shape index (κ3) is 3.62. The number of phenols is 1. The van der Waals surface area contributed by atoms with E-state index in [9.17, 15) is 5.11 Å². The maximum absolute atomic E-state index is 10.5. The maximum Gasteiger partial charge on any atom is 0.230 e. The Hall–Kier alpha value is -5.18. The second-order valence-electron chi connectivity index (χ2n) is 9.76. The highest BCUT2D eigenvalue weighted by atomic mass is 16.5. The summed E-state index contributed by atoms with van der Waals surface area (Å²) in [6.45, 7) is 2.00. The van der Waals surface area contributed by atoms with Crippen LogP contribution in [-0.4, -0.2) is 48.6 Å². The molecule has 3 aromatic heterocycles. The summed E-state index contributed by atoms with van der Waals surface area (Å²) in [7, 11) is 4.05. The van der Waals surface area contributed by atoms with Crippen molar-refractivity contribution in [3.8, 4) is 34.6 Å². The summed E-state index contributed by atoms with van der Waals surface area (Å²) >= 11 is 0. The molecule has 0 unspecified atom stereocenters. The van der Waals surface area contributed by atoms with Crippen molar-refractivity contribution in [1.82, 2.24) is 29.4 Å². The van der Waals surface area contributed by atoms with Crippen molar-refractivity contribution < 1.29 is 9.84 Å². The van der Waals surface area contributed by atoms with E-state index in [0.717, 1.165) is 33.8 Å². The predicted octanol–water partition coefficient (Wildman–Crippen LogP) is 5.34. The van der Waals surface area contributed by atoms with Crippen molar-refractivity contribution in [3.63, 3.8) is 0 Å². The summed E-state index contributed by atoms with van der Waals surface area (Å²) < 4.78 is 9.97. The fourth-order valence-electron chi connectivity index (χ4n) is 5.20. The van der Waals surface area contributed by atoms with Gasteiger partial charge in [-0.2, -0.15) is 5.10 Å². The summed E-state index contributed by atoms with van der Waals surface area (Å²) in [4.78, 5) is 11.6. The van der Waals surface area contributed by atoms with Gasteiger partial charge in [-0.15, -0.1) is 5.10 Å². The molecule has 39 heavy (non-hydrogen) atoms. The van der Waals surface area contributed by atoms with Crippen molar-refractivity contribution in [2.45, 2.75) is 12.8 Å². The summed E-state index contributed by atoms with van der Waals surface area (Å²) in [5, 5.41) is 20.0. The molecule has 0 amide bonds. The number of fused-ring (bicyclic) bond motifs is 4. The molecule has 9 nitrogen and oxygen atoms in total. The van der Waals surface area contributed by atoms with Crippen molar-refractivity contribution in [2.75, 3.05) is 19.0 Å². The molecule has 0 aliphatic carbocycles. The Labute approximate surface area is 224 Å². The number of aromatic hydroxyl groups is 1. The van der Waals surface area contributed by atoms with Gasteiger partial charge in [-0.05, 0) is 48.9 Å². The molecule has 1 N–H and O–H groups in total. The smallest absolute Gasteiger partial charge is 0.230 e. The number of hydrogen-bond donors (Lipinski definition) is 1. The Bertz CT molecular complexity index is 1840. The van der Waals surface area contributed by atoms with Crippen LogP contribution in [-0.2, 0) is 0 Å². The first-order valence-electron chi connectivity index (χ1n) is 12.6. The predicted molar refractivity (Wildman–Crippen MR) is 148 cm³/mol. The van der Waals surface area contributed by atoms with Crippen molar-refractivity contribution in [3.05, 3.63) is 108 Å². The molecule has 9 heteroatoms. The number of aryl methyl sites for hydroxylation is 1. The first-order valence-corrected chi connectivity index (χ1v) is 12.6. The molecule has 4 heterocycles. The number of para-hydroxylation sites is 2. The van der Waals surface area contributed by atoms with Gasteiger partial charge in [0, 0.05) is 19.8 Å². The summed E-state index contributed by atoms with van der Waals surface area (Å²) in [5.74, 6) is 1.35. The average Bonchev–Trinajstić information content (AvgIpc) is 3.54. The minimum Gasteiger partial charge on any atom is -0.507 e. The summed E-state index contributed by atoms with van der Waals surface area (Å²) in [5.41, 5.74) is 6.82. The highest BCUT2D eigenvalue weighted by Crippen LogP contribution is 2.50. The van der Waals surface area contributed by atoms with E-state index in [4.69, 9.17) is 14.8 Å². The van der Waals surface area contributed by atoms with Gasteiger partial charge in [-0.25, -0.2) is 19.2 Å². The van der Waals surface area contributed by atoms with Crippen LogP contribution in [0.5, 0.6) is 17.5 Å². The molecule has 0 saturated heterocycles. The second-order valence-corrected chi connectivity index (χ2v) is 9.76. The fourth-order valence-corrected chi connectivity index (χ4v) is 5.20. The standard InChI is InChI=1S/C30H25N7O2/c1-18-24-25(19-13-15-20(16-14-19)35(2)3)26-28-32-27(22-11-7-8-12-23(22)38)34-36(28)17-31-29(26)39-30(24)37(33-18)21-9-5-4-6-10-21/h4-17,25,38H,1-3H3/t25-/m0/s1. The van der Waals surface area contributed by atoms with Crippen molar-refractivity contribution >= 4 is 11.3 Å². The maximum atomic E-state index is 10.5. The van der Waals surface area contributed by atoms with Gasteiger partial charge in [-0.3, -0.25) is 0 Å². The van der Waals surface area contributed by atoms with Gasteiger partial charge in [0.1, 0.15) is 12.1 Å². The van der Waals surface area contributed by atoms with Gasteiger partial charge < -0.3 is 14.7 Å². The lowest BCUT2D eigenvalue weighted by molar-refractivity contribution is 0.402. The molecular formula is C30H25N7O2. The van der Waals surface area contributed by atoms with Crippen LogP contribution in [0.1, 0.15) is 28.3 Å². The first-order chi connectivity index (χ1) is 19.0. The van der Waals surface area contributed by atoms with Crippen molar-refractivity contribution in [2.24, 2.45) is 0 Å². The van der Waals surface area contributed by atoms with Crippen LogP contribution >= 0.6 is 0 Å². The number of rotatable bonds is 4. The number of phenolic OH excluding ortho intramolecular Hbond substituents is 1. The number of benzene rings is 3. The molecule has 0 saturated carbocycles. The van der Waals surface area contributed by atoms with E-state index in [0.29, 0.717) is 28.8 Å². The molecule has 1 aliphatic heterocycles. The van der Waals surface area contributed by atoms with Crippen LogP contribution in [0.2, 0.25) is 0 Å². The zero-order valence-electron chi connectivity index (χ0n) is 21.6. The van der Waals surface area contributed by atoms with Gasteiger partial charge in [0.25, 0.3) is 0 Å². The van der Waals surface area contributed by atoms with Crippen LogP contribution in [0.15, 0.2) is 85.2 Å². The molecule has 0 radical (unpaired) electrons. The van der Waals surface area contributed by atoms with Gasteiger partial charge >= 0.3 is 0 Å². The van der Waals surface area contributed by atoms with Gasteiger partial charge in [0.05, 0.1) is 34.0 Å². The molecule has 0 fully saturated rings. The highest BCUT2D eigenvalue weighted by Gasteiger charge is 2.38. The Morgan fingerprint density at radius 3 is 2.36 bits per heavy atom. The Balaban J connectivity index is 1.48. The van der Waals surface area contributed by atoms with E-state index >= 15 is 0 Å². The van der Waals surface area contributed by atoms with Gasteiger partial charge in [0.2, 0.25) is 11.8 Å². The van der Waals surface area contributed by atoms with E-state index < -0.39 is 0 Å². The lowest BCUT2D eigenvalue weighted by Crippen LogP contribution is -2.16. The summed E-state index contributed by atoms with van der Waals surface area (Å²) in [6.07, 6.45) is 1.60. The topological polar surface area (TPSA) is 93.6 Å². The normalized spacial score (nSPS) is 14.1. The highest BCUT2D eigenvalue weighted by molar-refractivity contribution is 5.71. The third-order valence-electron chi connectivity index (χ3n) is 7.11. The van der Waals surface area contributed by atoms with Crippen LogP contribution in [0.4, 0.5) is 5.69 Å². The largest absolute Gasteiger partial charge is 0.507 e. The van der Waals surface area contributed by atoms with Crippen LogP contribution in [0.3, 0.4) is 0 Å². The molecule has 0 spiro atoms. The van der Waals surface area contributed by atoms with Gasteiger partial charge in [-0.1, -0.05) is 42.5 Å². The van der Waals surface area contributed by atoms with Crippen LogP contribution in [0.25, 0.3) is 22.7 Å². The molecule has 0 bridgehead atoms. The van der Waals surface area contributed by atoms with Crippen molar-refractivity contribution in [1.29, 1.82) is 0 Å². The van der Waals surface area contributed by atoms with E-state index in [1.165, 1.54) is 0 Å². The number of ether oxygens (including phenoxy) is 1. The summed E-state index contributed by atoms with van der Waals surface area (Å²) in [6, 6.07) is 25.4. The number of hydrogen-bond acceptors (Lipinski definition) is 7. The molecule has 1 atom stereocenters. The van der Waals surface area contributed by atoms with E-state index in [-0.39, 0.29) is 11.7 Å². The zero-order valence-corrected chi connectivity index (χ0v) is 21.6. The number of aromatic nitrogens is 6. The zero-order chi connectivity index (χ0) is 26.7. The lowest BCUT2D eigenvalue weighted by Gasteiger charge is -2.26. The number of anilines is 1. The van der Waals surface area contributed by atoms with E-state index in [2.05, 4.69) is 39.2 Å². The Morgan fingerprint density at radius 2 is 1.62 bits per heavy atom. The average molecular weight is 516 g/mol. The SMILES string of the molecule is Cc1nn(-c2ccccc2)c2c1[C@H](c1ccc(N(C)C)cc1)c1c(ncn3nc(-c4ccccc4O)nc13)O2. The second kappa shape index (κ2) is 8.70. The monoisotopic (exact) mass is 515 g/mol. The molecule has 1 aliphatic rings. The third-order valence-corrected chi connectivity index (χ3v) is 7.11. The molecule has 192 valence electrons. The van der Waals surface area contributed by atoms with Crippen LogP contribution in [0, 0.1) is 6.92 Å². The lowest BCUT2D eigenvalue weighted by atomic mass is 9.84. The minimum atomic E-state index is -0.255. The fraction of sp³-hybridized carbons (Fsp3) is 0.133. The molecular weight excluding hydrogens is 490 g/mol. The molecule has 7 rings (SSSR count). The minimum absolute atomic E-state index is 0.115.